The van der Waals surface area contributed by atoms with Crippen LogP contribution in [0.2, 0.25) is 0 Å². The zero-order valence-electron chi connectivity index (χ0n) is 10.9. The maximum Gasteiger partial charge on any atom is 0.0705 e. The number of alkyl halides is 1. The smallest absolute Gasteiger partial charge is 0.0705 e. The van der Waals surface area contributed by atoms with E-state index >= 15 is 0 Å². The number of benzene rings is 1. The first kappa shape index (κ1) is 13.1. The Kier molecular flexibility index (Phi) is 4.14. The van der Waals surface area contributed by atoms with Crippen molar-refractivity contribution in [3.05, 3.63) is 42.1 Å². The van der Waals surface area contributed by atoms with Crippen molar-refractivity contribution in [2.75, 3.05) is 13.2 Å². The van der Waals surface area contributed by atoms with Crippen molar-refractivity contribution in [1.82, 2.24) is 4.98 Å². The molecule has 2 heterocycles. The lowest BCUT2D eigenvalue weighted by atomic mass is 9.95. The minimum absolute atomic E-state index is 0.460. The van der Waals surface area contributed by atoms with Gasteiger partial charge >= 0.3 is 0 Å². The van der Waals surface area contributed by atoms with Gasteiger partial charge in [-0.3, -0.25) is 4.98 Å². The molecule has 2 atom stereocenters. The zero-order valence-corrected chi connectivity index (χ0v) is 12.5. The molecule has 1 aromatic heterocycles. The lowest BCUT2D eigenvalue weighted by molar-refractivity contribution is 0.0546. The summed E-state index contributed by atoms with van der Waals surface area (Å²) in [5.74, 6) is 0.613. The molecular formula is C16H18BrNO. The first-order valence-electron chi connectivity index (χ1n) is 6.89. The van der Waals surface area contributed by atoms with Gasteiger partial charge in [0, 0.05) is 28.9 Å². The summed E-state index contributed by atoms with van der Waals surface area (Å²) in [7, 11) is 0. The van der Waals surface area contributed by atoms with E-state index < -0.39 is 0 Å². The first-order chi connectivity index (χ1) is 9.33. The van der Waals surface area contributed by atoms with Crippen LogP contribution in [0, 0.1) is 5.92 Å². The number of aromatic nitrogens is 1. The molecule has 1 aromatic carbocycles. The molecule has 3 rings (SSSR count). The SMILES string of the molecule is BrC(Cc1ccc2ccccc2n1)C1CCCOC1. The predicted octanol–water partition coefficient (Wildman–Crippen LogP) is 3.97. The Hall–Kier alpha value is -0.930. The number of para-hydroxylation sites is 1. The van der Waals surface area contributed by atoms with Gasteiger partial charge in [-0.05, 0) is 30.9 Å². The van der Waals surface area contributed by atoms with Gasteiger partial charge in [0.15, 0.2) is 0 Å². The highest BCUT2D eigenvalue weighted by Crippen LogP contribution is 2.26. The highest BCUT2D eigenvalue weighted by Gasteiger charge is 2.22. The minimum Gasteiger partial charge on any atom is -0.381 e. The average molecular weight is 320 g/mol. The van der Waals surface area contributed by atoms with Crippen LogP contribution >= 0.6 is 15.9 Å². The van der Waals surface area contributed by atoms with Crippen molar-refractivity contribution >= 4 is 26.8 Å². The standard InChI is InChI=1S/C16H18BrNO/c17-15(13-5-3-9-19-11-13)10-14-8-7-12-4-1-2-6-16(12)18-14/h1-2,4,6-8,13,15H,3,5,9-11H2. The topological polar surface area (TPSA) is 22.1 Å². The fourth-order valence-electron chi connectivity index (χ4n) is 2.64. The van der Waals surface area contributed by atoms with Crippen LogP contribution in [0.1, 0.15) is 18.5 Å². The zero-order chi connectivity index (χ0) is 13.1. The molecule has 0 saturated carbocycles. The fraction of sp³-hybridized carbons (Fsp3) is 0.438. The molecule has 0 amide bonds. The molecular weight excluding hydrogens is 302 g/mol. The maximum absolute atomic E-state index is 5.56. The van der Waals surface area contributed by atoms with Crippen LogP contribution in [0.5, 0.6) is 0 Å². The third-order valence-corrected chi connectivity index (χ3v) is 4.84. The second-order valence-electron chi connectivity index (χ2n) is 5.19. The summed E-state index contributed by atoms with van der Waals surface area (Å²) >= 11 is 3.82. The maximum atomic E-state index is 5.56. The van der Waals surface area contributed by atoms with Crippen LogP contribution < -0.4 is 0 Å². The minimum atomic E-state index is 0.460. The van der Waals surface area contributed by atoms with Crippen molar-refractivity contribution in [2.45, 2.75) is 24.1 Å². The largest absolute Gasteiger partial charge is 0.381 e. The molecule has 2 nitrogen and oxygen atoms in total. The number of ether oxygens (including phenoxy) is 1. The molecule has 100 valence electrons. The van der Waals surface area contributed by atoms with Crippen LogP contribution in [0.25, 0.3) is 10.9 Å². The van der Waals surface area contributed by atoms with Crippen molar-refractivity contribution in [3.63, 3.8) is 0 Å². The van der Waals surface area contributed by atoms with Crippen molar-refractivity contribution in [1.29, 1.82) is 0 Å². The summed E-state index contributed by atoms with van der Waals surface area (Å²) in [4.78, 5) is 5.20. The van der Waals surface area contributed by atoms with Crippen molar-refractivity contribution in [3.8, 4) is 0 Å². The lowest BCUT2D eigenvalue weighted by Gasteiger charge is -2.26. The molecule has 0 radical (unpaired) electrons. The molecule has 1 aliphatic rings. The van der Waals surface area contributed by atoms with Gasteiger partial charge in [0.2, 0.25) is 0 Å². The second kappa shape index (κ2) is 6.02. The summed E-state index contributed by atoms with van der Waals surface area (Å²) in [5.41, 5.74) is 2.24. The Morgan fingerprint density at radius 2 is 2.16 bits per heavy atom. The number of nitrogens with zero attached hydrogens (tertiary/aromatic N) is 1. The Bertz CT molecular complexity index is 551. The fourth-order valence-corrected chi connectivity index (χ4v) is 3.39. The predicted molar refractivity (Wildman–Crippen MR) is 81.7 cm³/mol. The normalized spacial score (nSPS) is 21.4. The molecule has 2 aromatic rings. The summed E-state index contributed by atoms with van der Waals surface area (Å²) in [5, 5.41) is 1.21. The van der Waals surface area contributed by atoms with E-state index in [-0.39, 0.29) is 0 Å². The van der Waals surface area contributed by atoms with Gasteiger partial charge in [-0.15, -0.1) is 0 Å². The molecule has 0 aliphatic carbocycles. The number of rotatable bonds is 3. The monoisotopic (exact) mass is 319 g/mol. The molecule has 2 unspecified atom stereocenters. The summed E-state index contributed by atoms with van der Waals surface area (Å²) in [6, 6.07) is 12.6. The molecule has 1 fully saturated rings. The van der Waals surface area contributed by atoms with Gasteiger partial charge in [-0.1, -0.05) is 40.2 Å². The molecule has 1 saturated heterocycles. The second-order valence-corrected chi connectivity index (χ2v) is 6.37. The van der Waals surface area contributed by atoms with E-state index in [0.717, 1.165) is 30.8 Å². The first-order valence-corrected chi connectivity index (χ1v) is 7.81. The third-order valence-electron chi connectivity index (χ3n) is 3.77. The number of halogens is 1. The van der Waals surface area contributed by atoms with E-state index in [1.807, 2.05) is 6.07 Å². The van der Waals surface area contributed by atoms with Crippen molar-refractivity contribution < 1.29 is 4.74 Å². The Morgan fingerprint density at radius 3 is 3.00 bits per heavy atom. The van der Waals surface area contributed by atoms with Crippen LogP contribution in [-0.4, -0.2) is 23.0 Å². The number of pyridine rings is 1. The number of fused-ring (bicyclic) bond motifs is 1. The van der Waals surface area contributed by atoms with Crippen LogP contribution in [0.4, 0.5) is 0 Å². The molecule has 1 aliphatic heterocycles. The van der Waals surface area contributed by atoms with E-state index in [0.29, 0.717) is 10.7 Å². The molecule has 0 N–H and O–H groups in total. The Balaban J connectivity index is 1.73. The summed E-state index contributed by atoms with van der Waals surface area (Å²) < 4.78 is 5.56. The summed E-state index contributed by atoms with van der Waals surface area (Å²) in [6.45, 7) is 1.80. The van der Waals surface area contributed by atoms with Crippen molar-refractivity contribution in [2.24, 2.45) is 5.92 Å². The van der Waals surface area contributed by atoms with Crippen LogP contribution in [-0.2, 0) is 11.2 Å². The van der Waals surface area contributed by atoms with E-state index in [4.69, 9.17) is 9.72 Å². The molecule has 0 spiro atoms. The van der Waals surface area contributed by atoms with E-state index in [1.165, 1.54) is 18.2 Å². The third kappa shape index (κ3) is 3.15. The van der Waals surface area contributed by atoms with Gasteiger partial charge in [-0.25, -0.2) is 0 Å². The van der Waals surface area contributed by atoms with Crippen LogP contribution in [0.15, 0.2) is 36.4 Å². The highest BCUT2D eigenvalue weighted by molar-refractivity contribution is 9.09. The summed E-state index contributed by atoms with van der Waals surface area (Å²) in [6.07, 6.45) is 3.40. The van der Waals surface area contributed by atoms with Gasteiger partial charge in [0.25, 0.3) is 0 Å². The number of hydrogen-bond donors (Lipinski definition) is 0. The van der Waals surface area contributed by atoms with E-state index in [1.54, 1.807) is 0 Å². The highest BCUT2D eigenvalue weighted by atomic mass is 79.9. The van der Waals surface area contributed by atoms with Gasteiger partial charge in [0.05, 0.1) is 12.1 Å². The van der Waals surface area contributed by atoms with E-state index in [2.05, 4.69) is 46.3 Å². The Morgan fingerprint density at radius 1 is 1.26 bits per heavy atom. The lowest BCUT2D eigenvalue weighted by Crippen LogP contribution is -2.26. The quantitative estimate of drug-likeness (QED) is 0.799. The molecule has 3 heteroatoms. The Labute approximate surface area is 122 Å². The average Bonchev–Trinajstić information content (AvgIpc) is 2.48. The van der Waals surface area contributed by atoms with Crippen LogP contribution in [0.3, 0.4) is 0 Å². The van der Waals surface area contributed by atoms with Gasteiger partial charge in [-0.2, -0.15) is 0 Å². The van der Waals surface area contributed by atoms with Gasteiger partial charge in [0.1, 0.15) is 0 Å². The van der Waals surface area contributed by atoms with E-state index in [9.17, 15) is 0 Å². The molecule has 19 heavy (non-hydrogen) atoms. The molecule has 0 bridgehead atoms. The number of hydrogen-bond acceptors (Lipinski definition) is 2. The van der Waals surface area contributed by atoms with Gasteiger partial charge < -0.3 is 4.74 Å².